The average Bonchev–Trinajstić information content (AvgIpc) is 2.26. The SMILES string of the molecule is CC(=O)c1cccc(NC(=O)C2(N)CCC2)c1. The summed E-state index contributed by atoms with van der Waals surface area (Å²) in [5.74, 6) is -0.184. The first-order valence-electron chi connectivity index (χ1n) is 5.73. The summed E-state index contributed by atoms with van der Waals surface area (Å²) in [6, 6.07) is 6.89. The molecule has 4 heteroatoms. The van der Waals surface area contributed by atoms with Crippen LogP contribution in [0.25, 0.3) is 0 Å². The lowest BCUT2D eigenvalue weighted by Gasteiger charge is -2.36. The van der Waals surface area contributed by atoms with Crippen molar-refractivity contribution in [1.82, 2.24) is 0 Å². The lowest BCUT2D eigenvalue weighted by Crippen LogP contribution is -2.56. The Hall–Kier alpha value is -1.68. The topological polar surface area (TPSA) is 72.2 Å². The molecule has 1 aromatic carbocycles. The van der Waals surface area contributed by atoms with Crippen LogP contribution >= 0.6 is 0 Å². The molecule has 1 fully saturated rings. The molecular weight excluding hydrogens is 216 g/mol. The molecule has 1 aliphatic rings. The molecule has 1 saturated carbocycles. The number of nitrogens with one attached hydrogen (secondary N) is 1. The Balaban J connectivity index is 2.10. The van der Waals surface area contributed by atoms with Crippen molar-refractivity contribution in [2.24, 2.45) is 5.73 Å². The Bertz CT molecular complexity index is 464. The van der Waals surface area contributed by atoms with Gasteiger partial charge in [-0.15, -0.1) is 0 Å². The molecule has 0 bridgehead atoms. The van der Waals surface area contributed by atoms with Crippen molar-refractivity contribution in [2.75, 3.05) is 5.32 Å². The number of amides is 1. The van der Waals surface area contributed by atoms with Gasteiger partial charge in [0, 0.05) is 11.3 Å². The van der Waals surface area contributed by atoms with E-state index in [0.29, 0.717) is 11.3 Å². The van der Waals surface area contributed by atoms with Gasteiger partial charge in [-0.25, -0.2) is 0 Å². The Kier molecular flexibility index (Phi) is 2.98. The van der Waals surface area contributed by atoms with E-state index in [1.54, 1.807) is 24.3 Å². The minimum atomic E-state index is -0.716. The number of carbonyl (C=O) groups is 2. The van der Waals surface area contributed by atoms with E-state index in [9.17, 15) is 9.59 Å². The van der Waals surface area contributed by atoms with Crippen LogP contribution in [0.5, 0.6) is 0 Å². The molecule has 90 valence electrons. The number of benzene rings is 1. The number of anilines is 1. The van der Waals surface area contributed by atoms with Gasteiger partial charge >= 0.3 is 0 Å². The van der Waals surface area contributed by atoms with Gasteiger partial charge in [-0.1, -0.05) is 12.1 Å². The zero-order chi connectivity index (χ0) is 12.5. The molecule has 0 aliphatic heterocycles. The van der Waals surface area contributed by atoms with Crippen molar-refractivity contribution in [3.8, 4) is 0 Å². The molecule has 0 atom stereocenters. The lowest BCUT2D eigenvalue weighted by molar-refractivity contribution is -0.123. The molecule has 0 spiro atoms. The zero-order valence-corrected chi connectivity index (χ0v) is 9.82. The molecule has 17 heavy (non-hydrogen) atoms. The van der Waals surface area contributed by atoms with Crippen molar-refractivity contribution < 1.29 is 9.59 Å². The molecule has 0 radical (unpaired) electrons. The molecule has 1 amide bonds. The van der Waals surface area contributed by atoms with E-state index in [-0.39, 0.29) is 11.7 Å². The Morgan fingerprint density at radius 3 is 2.59 bits per heavy atom. The highest BCUT2D eigenvalue weighted by Crippen LogP contribution is 2.30. The van der Waals surface area contributed by atoms with Gasteiger partial charge in [0.2, 0.25) is 5.91 Å². The third-order valence-electron chi connectivity index (χ3n) is 3.22. The predicted octanol–water partition coefficient (Wildman–Crippen LogP) is 1.71. The number of hydrogen-bond donors (Lipinski definition) is 2. The predicted molar refractivity (Wildman–Crippen MR) is 65.8 cm³/mol. The van der Waals surface area contributed by atoms with Crippen LogP contribution in [0.15, 0.2) is 24.3 Å². The summed E-state index contributed by atoms with van der Waals surface area (Å²) >= 11 is 0. The molecule has 0 aromatic heterocycles. The van der Waals surface area contributed by atoms with Gasteiger partial charge in [0.15, 0.2) is 5.78 Å². The van der Waals surface area contributed by atoms with Gasteiger partial charge in [-0.3, -0.25) is 9.59 Å². The van der Waals surface area contributed by atoms with Crippen LogP contribution in [-0.4, -0.2) is 17.2 Å². The highest BCUT2D eigenvalue weighted by atomic mass is 16.2. The summed E-state index contributed by atoms with van der Waals surface area (Å²) in [6.45, 7) is 1.50. The van der Waals surface area contributed by atoms with E-state index in [2.05, 4.69) is 5.32 Å². The maximum atomic E-state index is 11.9. The number of rotatable bonds is 3. The van der Waals surface area contributed by atoms with Gasteiger partial charge in [-0.2, -0.15) is 0 Å². The average molecular weight is 232 g/mol. The monoisotopic (exact) mass is 232 g/mol. The van der Waals surface area contributed by atoms with Crippen molar-refractivity contribution >= 4 is 17.4 Å². The molecule has 2 rings (SSSR count). The quantitative estimate of drug-likeness (QED) is 0.779. The summed E-state index contributed by atoms with van der Waals surface area (Å²) < 4.78 is 0. The smallest absolute Gasteiger partial charge is 0.244 e. The minimum Gasteiger partial charge on any atom is -0.324 e. The molecule has 3 N–H and O–H groups in total. The molecule has 1 aromatic rings. The first-order valence-corrected chi connectivity index (χ1v) is 5.73. The van der Waals surface area contributed by atoms with Gasteiger partial charge in [0.05, 0.1) is 5.54 Å². The van der Waals surface area contributed by atoms with Gasteiger partial charge < -0.3 is 11.1 Å². The maximum absolute atomic E-state index is 11.9. The standard InChI is InChI=1S/C13H16N2O2/c1-9(16)10-4-2-5-11(8-10)15-12(17)13(14)6-3-7-13/h2,4-5,8H,3,6-7,14H2,1H3,(H,15,17). The van der Waals surface area contributed by atoms with E-state index in [0.717, 1.165) is 19.3 Å². The summed E-state index contributed by atoms with van der Waals surface area (Å²) in [5, 5.41) is 2.76. The summed E-state index contributed by atoms with van der Waals surface area (Å²) in [7, 11) is 0. The first-order chi connectivity index (χ1) is 8.01. The second-order valence-electron chi connectivity index (χ2n) is 4.60. The molecule has 1 aliphatic carbocycles. The molecular formula is C13H16N2O2. The van der Waals surface area contributed by atoms with Crippen LogP contribution in [0, 0.1) is 0 Å². The third kappa shape index (κ3) is 2.36. The van der Waals surface area contributed by atoms with Crippen LogP contribution in [-0.2, 0) is 4.79 Å². The second kappa shape index (κ2) is 4.30. The fourth-order valence-corrected chi connectivity index (χ4v) is 1.86. The molecule has 0 unspecified atom stereocenters. The number of nitrogens with two attached hydrogens (primary N) is 1. The van der Waals surface area contributed by atoms with Crippen LogP contribution in [0.3, 0.4) is 0 Å². The van der Waals surface area contributed by atoms with Gasteiger partial charge in [0.1, 0.15) is 0 Å². The van der Waals surface area contributed by atoms with Crippen molar-refractivity contribution in [3.05, 3.63) is 29.8 Å². The van der Waals surface area contributed by atoms with Crippen molar-refractivity contribution in [3.63, 3.8) is 0 Å². The summed E-state index contributed by atoms with van der Waals surface area (Å²) in [4.78, 5) is 23.1. The van der Waals surface area contributed by atoms with E-state index in [4.69, 9.17) is 5.73 Å². The third-order valence-corrected chi connectivity index (χ3v) is 3.22. The normalized spacial score (nSPS) is 17.1. The van der Waals surface area contributed by atoms with Crippen molar-refractivity contribution in [2.45, 2.75) is 31.7 Å². The van der Waals surface area contributed by atoms with E-state index >= 15 is 0 Å². The Morgan fingerprint density at radius 1 is 1.35 bits per heavy atom. The second-order valence-corrected chi connectivity index (χ2v) is 4.60. The van der Waals surface area contributed by atoms with Gasteiger partial charge in [0.25, 0.3) is 0 Å². The minimum absolute atomic E-state index is 0.0211. The summed E-state index contributed by atoms with van der Waals surface area (Å²) in [5.41, 5.74) is 6.41. The Labute approximate surface area is 100 Å². The van der Waals surface area contributed by atoms with Crippen LogP contribution in [0.4, 0.5) is 5.69 Å². The molecule has 0 saturated heterocycles. The highest BCUT2D eigenvalue weighted by Gasteiger charge is 2.40. The number of carbonyl (C=O) groups excluding carboxylic acids is 2. The highest BCUT2D eigenvalue weighted by molar-refractivity contribution is 6.00. The molecule has 4 nitrogen and oxygen atoms in total. The lowest BCUT2D eigenvalue weighted by atomic mass is 9.77. The fraction of sp³-hybridized carbons (Fsp3) is 0.385. The summed E-state index contributed by atoms with van der Waals surface area (Å²) in [6.07, 6.45) is 2.45. The Morgan fingerprint density at radius 2 is 2.06 bits per heavy atom. The van der Waals surface area contributed by atoms with E-state index in [1.165, 1.54) is 6.92 Å². The van der Waals surface area contributed by atoms with Crippen LogP contribution in [0.2, 0.25) is 0 Å². The number of hydrogen-bond acceptors (Lipinski definition) is 3. The zero-order valence-electron chi connectivity index (χ0n) is 9.82. The van der Waals surface area contributed by atoms with Crippen LogP contribution < -0.4 is 11.1 Å². The number of ketones is 1. The maximum Gasteiger partial charge on any atom is 0.244 e. The van der Waals surface area contributed by atoms with Gasteiger partial charge in [-0.05, 0) is 38.3 Å². The fourth-order valence-electron chi connectivity index (χ4n) is 1.86. The first kappa shape index (κ1) is 11.8. The molecule has 0 heterocycles. The van der Waals surface area contributed by atoms with E-state index in [1.807, 2.05) is 0 Å². The van der Waals surface area contributed by atoms with Crippen molar-refractivity contribution in [1.29, 1.82) is 0 Å². The van der Waals surface area contributed by atoms with E-state index < -0.39 is 5.54 Å². The number of Topliss-reactive ketones (excluding diaryl/α,β-unsaturated/α-hetero) is 1. The van der Waals surface area contributed by atoms with Crippen LogP contribution in [0.1, 0.15) is 36.5 Å². The largest absolute Gasteiger partial charge is 0.324 e.